The Hall–Kier alpha value is -1.39. The molecule has 0 aliphatic carbocycles. The van der Waals surface area contributed by atoms with Gasteiger partial charge in [0.05, 0.1) is 11.0 Å². The highest BCUT2D eigenvalue weighted by Gasteiger charge is 2.09. The van der Waals surface area contributed by atoms with Crippen molar-refractivity contribution in [3.8, 4) is 0 Å². The first-order valence-electron chi connectivity index (χ1n) is 7.06. The molecule has 0 fully saturated rings. The summed E-state index contributed by atoms with van der Waals surface area (Å²) in [6.45, 7) is 7.28. The van der Waals surface area contributed by atoms with E-state index in [4.69, 9.17) is 15.5 Å². The van der Waals surface area contributed by atoms with Gasteiger partial charge in [-0.25, -0.2) is 4.98 Å². The predicted molar refractivity (Wildman–Crippen MR) is 78.1 cm³/mol. The second kappa shape index (κ2) is 6.68. The topological polar surface area (TPSA) is 53.1 Å². The van der Waals surface area contributed by atoms with Gasteiger partial charge in [0, 0.05) is 32.7 Å². The fourth-order valence-electron chi connectivity index (χ4n) is 2.37. The van der Waals surface area contributed by atoms with Gasteiger partial charge >= 0.3 is 0 Å². The Morgan fingerprint density at radius 3 is 2.84 bits per heavy atom. The molecule has 0 bridgehead atoms. The monoisotopic (exact) mass is 261 g/mol. The normalized spacial score (nSPS) is 11.3. The fraction of sp³-hybridized carbons (Fsp3) is 0.533. The summed E-state index contributed by atoms with van der Waals surface area (Å²) in [5.74, 6) is 1.14. The first-order chi connectivity index (χ1) is 9.30. The summed E-state index contributed by atoms with van der Waals surface area (Å²) >= 11 is 0. The van der Waals surface area contributed by atoms with Crippen LogP contribution in [0.5, 0.6) is 0 Å². The highest BCUT2D eigenvalue weighted by atomic mass is 16.5. The van der Waals surface area contributed by atoms with Crippen LogP contribution in [-0.2, 0) is 24.2 Å². The molecule has 0 spiro atoms. The van der Waals surface area contributed by atoms with Gasteiger partial charge in [0.25, 0.3) is 0 Å². The molecular weight excluding hydrogens is 238 g/mol. The highest BCUT2D eigenvalue weighted by molar-refractivity contribution is 5.77. The smallest absolute Gasteiger partial charge is 0.109 e. The molecule has 0 atom stereocenters. The van der Waals surface area contributed by atoms with Crippen LogP contribution in [-0.4, -0.2) is 22.8 Å². The number of hydrogen-bond acceptors (Lipinski definition) is 3. The van der Waals surface area contributed by atoms with Gasteiger partial charge in [0.15, 0.2) is 0 Å². The number of imidazole rings is 1. The number of rotatable bonds is 7. The SMILES string of the molecule is CCOCCCc1nc2cc(CN)ccc2n1CC. The van der Waals surface area contributed by atoms with Gasteiger partial charge in [-0.1, -0.05) is 6.07 Å². The van der Waals surface area contributed by atoms with Crippen LogP contribution in [0, 0.1) is 0 Å². The maximum atomic E-state index is 5.68. The summed E-state index contributed by atoms with van der Waals surface area (Å²) in [5.41, 5.74) is 9.07. The van der Waals surface area contributed by atoms with Crippen molar-refractivity contribution in [1.82, 2.24) is 9.55 Å². The summed E-state index contributed by atoms with van der Waals surface area (Å²) in [6.07, 6.45) is 1.97. The van der Waals surface area contributed by atoms with Crippen molar-refractivity contribution < 1.29 is 4.74 Å². The predicted octanol–water partition coefficient (Wildman–Crippen LogP) is 2.48. The molecule has 1 aromatic carbocycles. The first-order valence-corrected chi connectivity index (χ1v) is 7.06. The molecule has 0 saturated heterocycles. The number of hydrogen-bond donors (Lipinski definition) is 1. The van der Waals surface area contributed by atoms with Gasteiger partial charge in [-0.05, 0) is 38.0 Å². The number of fused-ring (bicyclic) bond motifs is 1. The van der Waals surface area contributed by atoms with E-state index in [-0.39, 0.29) is 0 Å². The molecule has 0 radical (unpaired) electrons. The molecule has 4 nitrogen and oxygen atoms in total. The number of aromatic nitrogens is 2. The largest absolute Gasteiger partial charge is 0.382 e. The van der Waals surface area contributed by atoms with Crippen LogP contribution in [0.2, 0.25) is 0 Å². The van der Waals surface area contributed by atoms with Crippen molar-refractivity contribution in [1.29, 1.82) is 0 Å². The van der Waals surface area contributed by atoms with E-state index in [1.54, 1.807) is 0 Å². The zero-order valence-corrected chi connectivity index (χ0v) is 11.9. The van der Waals surface area contributed by atoms with Crippen molar-refractivity contribution in [2.75, 3.05) is 13.2 Å². The molecule has 0 saturated carbocycles. The van der Waals surface area contributed by atoms with E-state index in [0.29, 0.717) is 6.54 Å². The molecule has 1 heterocycles. The van der Waals surface area contributed by atoms with Crippen molar-refractivity contribution in [3.05, 3.63) is 29.6 Å². The summed E-state index contributed by atoms with van der Waals surface area (Å²) in [5, 5.41) is 0. The average Bonchev–Trinajstić information content (AvgIpc) is 2.79. The zero-order valence-electron chi connectivity index (χ0n) is 11.9. The zero-order chi connectivity index (χ0) is 13.7. The molecule has 104 valence electrons. The number of nitrogens with two attached hydrogens (primary N) is 1. The van der Waals surface area contributed by atoms with Gasteiger partial charge in [-0.2, -0.15) is 0 Å². The molecular formula is C15H23N3O. The van der Waals surface area contributed by atoms with Crippen LogP contribution < -0.4 is 5.73 Å². The molecule has 2 N–H and O–H groups in total. The Balaban J connectivity index is 2.22. The first kappa shape index (κ1) is 14.0. The van der Waals surface area contributed by atoms with Gasteiger partial charge in [-0.15, -0.1) is 0 Å². The van der Waals surface area contributed by atoms with Crippen molar-refractivity contribution in [2.45, 2.75) is 39.8 Å². The Bertz CT molecular complexity index is 533. The van der Waals surface area contributed by atoms with Crippen LogP contribution in [0.3, 0.4) is 0 Å². The maximum Gasteiger partial charge on any atom is 0.109 e. The van der Waals surface area contributed by atoms with E-state index in [9.17, 15) is 0 Å². The van der Waals surface area contributed by atoms with Crippen LogP contribution in [0.25, 0.3) is 11.0 Å². The third-order valence-corrected chi connectivity index (χ3v) is 3.34. The molecule has 0 aliphatic rings. The summed E-state index contributed by atoms with van der Waals surface area (Å²) in [6, 6.07) is 6.30. The van der Waals surface area contributed by atoms with E-state index >= 15 is 0 Å². The average molecular weight is 261 g/mol. The Morgan fingerprint density at radius 1 is 1.32 bits per heavy atom. The van der Waals surface area contributed by atoms with Crippen LogP contribution in [0.15, 0.2) is 18.2 Å². The Morgan fingerprint density at radius 2 is 2.16 bits per heavy atom. The lowest BCUT2D eigenvalue weighted by molar-refractivity contribution is 0.144. The van der Waals surface area contributed by atoms with Gasteiger partial charge in [-0.3, -0.25) is 0 Å². The van der Waals surface area contributed by atoms with E-state index in [0.717, 1.165) is 49.5 Å². The summed E-state index contributed by atoms with van der Waals surface area (Å²) in [4.78, 5) is 4.74. The highest BCUT2D eigenvalue weighted by Crippen LogP contribution is 2.19. The summed E-state index contributed by atoms with van der Waals surface area (Å²) < 4.78 is 7.67. The van der Waals surface area contributed by atoms with Gasteiger partial charge < -0.3 is 15.0 Å². The quantitative estimate of drug-likeness (QED) is 0.779. The minimum atomic E-state index is 0.564. The molecule has 0 amide bonds. The van der Waals surface area contributed by atoms with E-state index in [1.165, 1.54) is 5.52 Å². The van der Waals surface area contributed by atoms with Gasteiger partial charge in [0.2, 0.25) is 0 Å². The summed E-state index contributed by atoms with van der Waals surface area (Å²) in [7, 11) is 0. The fourth-order valence-corrected chi connectivity index (χ4v) is 2.37. The maximum absolute atomic E-state index is 5.68. The van der Waals surface area contributed by atoms with Crippen LogP contribution >= 0.6 is 0 Å². The third kappa shape index (κ3) is 3.14. The van der Waals surface area contributed by atoms with Crippen LogP contribution in [0.1, 0.15) is 31.7 Å². The van der Waals surface area contributed by atoms with Crippen LogP contribution in [0.4, 0.5) is 0 Å². The van der Waals surface area contributed by atoms with Crippen molar-refractivity contribution in [3.63, 3.8) is 0 Å². The van der Waals surface area contributed by atoms with Crippen molar-refractivity contribution >= 4 is 11.0 Å². The number of nitrogens with zero attached hydrogens (tertiary/aromatic N) is 2. The Labute approximate surface area is 114 Å². The van der Waals surface area contributed by atoms with E-state index in [2.05, 4.69) is 29.7 Å². The van der Waals surface area contributed by atoms with E-state index in [1.807, 2.05) is 6.92 Å². The second-order valence-corrected chi connectivity index (χ2v) is 4.60. The molecule has 4 heteroatoms. The number of ether oxygens (including phenoxy) is 1. The molecule has 1 aromatic heterocycles. The number of benzene rings is 1. The molecule has 2 aromatic rings. The lowest BCUT2D eigenvalue weighted by Gasteiger charge is -2.06. The standard InChI is InChI=1S/C15H23N3O/c1-3-18-14-8-7-12(11-16)10-13(14)17-15(18)6-5-9-19-4-2/h7-8,10H,3-6,9,11,16H2,1-2H3. The van der Waals surface area contributed by atoms with Crippen molar-refractivity contribution in [2.24, 2.45) is 5.73 Å². The Kier molecular flexibility index (Phi) is 4.93. The minimum Gasteiger partial charge on any atom is -0.382 e. The second-order valence-electron chi connectivity index (χ2n) is 4.60. The minimum absolute atomic E-state index is 0.564. The number of aryl methyl sites for hydroxylation is 2. The molecule has 19 heavy (non-hydrogen) atoms. The molecule has 2 rings (SSSR count). The van der Waals surface area contributed by atoms with E-state index < -0.39 is 0 Å². The van der Waals surface area contributed by atoms with Gasteiger partial charge in [0.1, 0.15) is 5.82 Å². The molecule has 0 unspecified atom stereocenters. The molecule has 0 aliphatic heterocycles. The lowest BCUT2D eigenvalue weighted by atomic mass is 10.2. The lowest BCUT2D eigenvalue weighted by Crippen LogP contribution is -2.04. The third-order valence-electron chi connectivity index (χ3n) is 3.34.